The van der Waals surface area contributed by atoms with E-state index in [1.807, 2.05) is 37.3 Å². The molecule has 0 N–H and O–H groups in total. The molecular weight excluding hydrogens is 280 g/mol. The van der Waals surface area contributed by atoms with Crippen molar-refractivity contribution in [2.75, 3.05) is 13.1 Å². The average Bonchev–Trinajstić information content (AvgIpc) is 2.88. The van der Waals surface area contributed by atoms with Crippen LogP contribution >= 0.6 is 0 Å². The Morgan fingerprint density at radius 3 is 2.64 bits per heavy atom. The number of nitrogens with zero attached hydrogens (tertiary/aromatic N) is 2. The van der Waals surface area contributed by atoms with Gasteiger partial charge in [-0.15, -0.1) is 0 Å². The van der Waals surface area contributed by atoms with E-state index in [-0.39, 0.29) is 24.5 Å². The standard InChI is InChI=1S/C17H22N2O3/c1-3-4-10-18-11-14(20)19-15(16(18)21)12(2)22-17(19)13-8-6-5-7-9-13/h5-9,12,15,17H,3-4,10-11H2,1-2H3/t12-,15+,17-/m1/s1. The Bertz CT molecular complexity index is 560. The molecule has 5 nitrogen and oxygen atoms in total. The van der Waals surface area contributed by atoms with Crippen molar-refractivity contribution in [1.29, 1.82) is 0 Å². The summed E-state index contributed by atoms with van der Waals surface area (Å²) >= 11 is 0. The minimum atomic E-state index is -0.497. The molecule has 3 rings (SSSR count). The maximum Gasteiger partial charge on any atom is 0.248 e. The minimum Gasteiger partial charge on any atom is -0.348 e. The number of hydrogen-bond acceptors (Lipinski definition) is 3. The summed E-state index contributed by atoms with van der Waals surface area (Å²) in [4.78, 5) is 28.6. The molecule has 1 aromatic carbocycles. The van der Waals surface area contributed by atoms with Gasteiger partial charge in [-0.3, -0.25) is 14.5 Å². The predicted octanol–water partition coefficient (Wildman–Crippen LogP) is 1.94. The van der Waals surface area contributed by atoms with Gasteiger partial charge >= 0.3 is 0 Å². The van der Waals surface area contributed by atoms with Crippen molar-refractivity contribution in [2.24, 2.45) is 0 Å². The second kappa shape index (κ2) is 6.08. The number of carbonyl (C=O) groups is 2. The molecule has 0 aromatic heterocycles. The number of hydrogen-bond donors (Lipinski definition) is 0. The summed E-state index contributed by atoms with van der Waals surface area (Å²) in [6.07, 6.45) is 1.19. The van der Waals surface area contributed by atoms with Crippen LogP contribution in [0.4, 0.5) is 0 Å². The largest absolute Gasteiger partial charge is 0.348 e. The number of carbonyl (C=O) groups excluding carboxylic acids is 2. The van der Waals surface area contributed by atoms with E-state index in [2.05, 4.69) is 6.92 Å². The second-order valence-corrected chi connectivity index (χ2v) is 5.96. The first-order valence-corrected chi connectivity index (χ1v) is 7.94. The summed E-state index contributed by atoms with van der Waals surface area (Å²) in [6.45, 7) is 4.76. The first-order valence-electron chi connectivity index (χ1n) is 7.94. The fourth-order valence-electron chi connectivity index (χ4n) is 3.23. The van der Waals surface area contributed by atoms with Gasteiger partial charge in [0.25, 0.3) is 0 Å². The van der Waals surface area contributed by atoms with E-state index in [1.54, 1.807) is 9.80 Å². The zero-order chi connectivity index (χ0) is 15.7. The molecule has 0 saturated carbocycles. The Morgan fingerprint density at radius 1 is 1.23 bits per heavy atom. The summed E-state index contributed by atoms with van der Waals surface area (Å²) in [7, 11) is 0. The van der Waals surface area contributed by atoms with Crippen molar-refractivity contribution in [3.05, 3.63) is 35.9 Å². The maximum atomic E-state index is 12.7. The van der Waals surface area contributed by atoms with Crippen LogP contribution in [-0.2, 0) is 14.3 Å². The number of unbranched alkanes of at least 4 members (excludes halogenated alkanes) is 1. The third-order valence-electron chi connectivity index (χ3n) is 4.39. The summed E-state index contributed by atoms with van der Waals surface area (Å²) in [5, 5.41) is 0. The van der Waals surface area contributed by atoms with Crippen LogP contribution in [0.3, 0.4) is 0 Å². The van der Waals surface area contributed by atoms with Crippen LogP contribution in [0.2, 0.25) is 0 Å². The normalized spacial score (nSPS) is 28.2. The predicted molar refractivity (Wildman–Crippen MR) is 81.9 cm³/mol. The summed E-state index contributed by atoms with van der Waals surface area (Å²) < 4.78 is 5.95. The smallest absolute Gasteiger partial charge is 0.248 e. The van der Waals surface area contributed by atoms with Crippen molar-refractivity contribution in [3.63, 3.8) is 0 Å². The van der Waals surface area contributed by atoms with Gasteiger partial charge in [-0.2, -0.15) is 0 Å². The molecule has 0 bridgehead atoms. The average molecular weight is 302 g/mol. The first-order chi connectivity index (χ1) is 10.6. The highest BCUT2D eigenvalue weighted by molar-refractivity contribution is 5.96. The van der Waals surface area contributed by atoms with E-state index < -0.39 is 12.3 Å². The van der Waals surface area contributed by atoms with Crippen molar-refractivity contribution in [3.8, 4) is 0 Å². The fourth-order valence-corrected chi connectivity index (χ4v) is 3.23. The molecule has 1 aromatic rings. The topological polar surface area (TPSA) is 49.9 Å². The monoisotopic (exact) mass is 302 g/mol. The summed E-state index contributed by atoms with van der Waals surface area (Å²) in [5.41, 5.74) is 0.917. The van der Waals surface area contributed by atoms with E-state index in [0.29, 0.717) is 6.54 Å². The third kappa shape index (κ3) is 2.50. The van der Waals surface area contributed by atoms with Crippen molar-refractivity contribution < 1.29 is 14.3 Å². The molecule has 2 aliphatic heterocycles. The van der Waals surface area contributed by atoms with Crippen molar-refractivity contribution in [2.45, 2.75) is 45.1 Å². The Morgan fingerprint density at radius 2 is 1.95 bits per heavy atom. The van der Waals surface area contributed by atoms with Crippen LogP contribution in [0, 0.1) is 0 Å². The van der Waals surface area contributed by atoms with Gasteiger partial charge in [0.2, 0.25) is 11.8 Å². The molecule has 5 heteroatoms. The van der Waals surface area contributed by atoms with Crippen LogP contribution in [0.25, 0.3) is 0 Å². The van der Waals surface area contributed by atoms with Crippen LogP contribution in [-0.4, -0.2) is 46.8 Å². The highest BCUT2D eigenvalue weighted by Gasteiger charge is 2.51. The SMILES string of the molecule is CCCCN1CC(=O)N2[C@@H](c3ccccc3)O[C@H](C)[C@H]2C1=O. The quantitative estimate of drug-likeness (QED) is 0.854. The van der Waals surface area contributed by atoms with Gasteiger partial charge in [-0.25, -0.2) is 0 Å². The molecule has 0 radical (unpaired) electrons. The lowest BCUT2D eigenvalue weighted by atomic mass is 10.1. The van der Waals surface area contributed by atoms with Crippen LogP contribution in [0.15, 0.2) is 30.3 Å². The molecule has 2 fully saturated rings. The van der Waals surface area contributed by atoms with Crippen molar-refractivity contribution >= 4 is 11.8 Å². The highest BCUT2D eigenvalue weighted by Crippen LogP contribution is 2.37. The zero-order valence-corrected chi connectivity index (χ0v) is 13.1. The molecule has 0 unspecified atom stereocenters. The van der Waals surface area contributed by atoms with Gasteiger partial charge in [0.05, 0.1) is 12.6 Å². The lowest BCUT2D eigenvalue weighted by Gasteiger charge is -2.38. The lowest BCUT2D eigenvalue weighted by molar-refractivity contribution is -0.156. The molecule has 2 aliphatic rings. The number of benzene rings is 1. The van der Waals surface area contributed by atoms with Gasteiger partial charge in [-0.1, -0.05) is 43.7 Å². The maximum absolute atomic E-state index is 12.7. The number of rotatable bonds is 4. The van der Waals surface area contributed by atoms with Gasteiger partial charge in [0.1, 0.15) is 6.04 Å². The van der Waals surface area contributed by atoms with Gasteiger partial charge in [0.15, 0.2) is 6.23 Å². The molecule has 0 aliphatic carbocycles. The van der Waals surface area contributed by atoms with Gasteiger partial charge in [-0.05, 0) is 13.3 Å². The first kappa shape index (κ1) is 15.0. The molecule has 3 atom stereocenters. The Balaban J connectivity index is 1.85. The summed E-state index contributed by atoms with van der Waals surface area (Å²) in [6, 6.07) is 9.13. The van der Waals surface area contributed by atoms with E-state index in [1.165, 1.54) is 0 Å². The van der Waals surface area contributed by atoms with Crippen LogP contribution < -0.4 is 0 Å². The zero-order valence-electron chi connectivity index (χ0n) is 13.1. The minimum absolute atomic E-state index is 0.0129. The number of piperazine rings is 1. The van der Waals surface area contributed by atoms with Gasteiger partial charge in [0, 0.05) is 12.1 Å². The molecule has 2 amide bonds. The Kier molecular flexibility index (Phi) is 4.16. The second-order valence-electron chi connectivity index (χ2n) is 5.96. The lowest BCUT2D eigenvalue weighted by Crippen LogP contribution is -2.60. The van der Waals surface area contributed by atoms with E-state index in [0.717, 1.165) is 18.4 Å². The molecule has 2 heterocycles. The Labute approximate surface area is 130 Å². The number of ether oxygens (including phenoxy) is 1. The fraction of sp³-hybridized carbons (Fsp3) is 0.529. The molecular formula is C17H22N2O3. The number of amides is 2. The highest BCUT2D eigenvalue weighted by atomic mass is 16.5. The van der Waals surface area contributed by atoms with Crippen LogP contribution in [0.1, 0.15) is 38.5 Å². The summed E-state index contributed by atoms with van der Waals surface area (Å²) in [5.74, 6) is -0.0158. The Hall–Kier alpha value is -1.88. The van der Waals surface area contributed by atoms with E-state index in [9.17, 15) is 9.59 Å². The molecule has 22 heavy (non-hydrogen) atoms. The molecule has 118 valence electrons. The van der Waals surface area contributed by atoms with E-state index in [4.69, 9.17) is 4.74 Å². The third-order valence-corrected chi connectivity index (χ3v) is 4.39. The molecule has 0 spiro atoms. The molecule has 2 saturated heterocycles. The van der Waals surface area contributed by atoms with Gasteiger partial charge < -0.3 is 9.64 Å². The van der Waals surface area contributed by atoms with E-state index >= 15 is 0 Å². The van der Waals surface area contributed by atoms with Crippen molar-refractivity contribution in [1.82, 2.24) is 9.80 Å². The number of fused-ring (bicyclic) bond motifs is 1. The van der Waals surface area contributed by atoms with Crippen LogP contribution in [0.5, 0.6) is 0 Å².